The summed E-state index contributed by atoms with van der Waals surface area (Å²) in [6.07, 6.45) is 37.8. The number of quaternary nitrogens is 1. The highest BCUT2D eigenvalue weighted by molar-refractivity contribution is 5.72. The summed E-state index contributed by atoms with van der Waals surface area (Å²) in [5, 5.41) is 9.60. The lowest BCUT2D eigenvalue weighted by Crippen LogP contribution is -2.50. The highest BCUT2D eigenvalue weighted by atomic mass is 16.6. The Balaban J connectivity index is 4.38. The normalized spacial score (nSPS) is 13.2. The molecule has 0 spiro atoms. The van der Waals surface area contributed by atoms with Crippen LogP contribution in [0.5, 0.6) is 0 Å². The van der Waals surface area contributed by atoms with E-state index in [9.17, 15) is 19.5 Å². The third-order valence-corrected chi connectivity index (χ3v) is 9.57. The Kier molecular flexibility index (Phi) is 34.3. The molecule has 0 bridgehead atoms. The van der Waals surface area contributed by atoms with Gasteiger partial charge in [-0.05, 0) is 64.2 Å². The van der Waals surface area contributed by atoms with Crippen LogP contribution in [0.1, 0.15) is 187 Å². The average Bonchev–Trinajstić information content (AvgIpc) is 3.09. The van der Waals surface area contributed by atoms with Crippen LogP contribution in [-0.2, 0) is 28.6 Å². The minimum atomic E-state index is -0.877. The zero-order valence-corrected chi connectivity index (χ0v) is 34.5. The molecule has 52 heavy (non-hydrogen) atoms. The fourth-order valence-corrected chi connectivity index (χ4v) is 6.20. The topological polar surface area (TPSA) is 99.1 Å². The van der Waals surface area contributed by atoms with Crippen molar-refractivity contribution in [2.24, 2.45) is 0 Å². The number of carbonyl (C=O) groups is 3. The second-order valence-corrected chi connectivity index (χ2v) is 15.6. The van der Waals surface area contributed by atoms with E-state index in [2.05, 4.69) is 38.2 Å². The van der Waals surface area contributed by atoms with E-state index in [4.69, 9.17) is 14.2 Å². The van der Waals surface area contributed by atoms with Crippen molar-refractivity contribution in [2.75, 3.05) is 41.0 Å². The molecule has 0 aromatic heterocycles. The first-order chi connectivity index (χ1) is 25.1. The highest BCUT2D eigenvalue weighted by Crippen LogP contribution is 2.14. The summed E-state index contributed by atoms with van der Waals surface area (Å²) in [4.78, 5) is 36.9. The molecule has 0 radical (unpaired) electrons. The van der Waals surface area contributed by atoms with E-state index < -0.39 is 18.1 Å². The summed E-state index contributed by atoms with van der Waals surface area (Å²) in [5.41, 5.74) is 0. The predicted molar refractivity (Wildman–Crippen MR) is 215 cm³/mol. The fourth-order valence-electron chi connectivity index (χ4n) is 6.20. The number of carboxylic acids is 1. The molecule has 0 aromatic carbocycles. The number of unbranched alkanes of at least 4 members (excludes halogenated alkanes) is 20. The zero-order chi connectivity index (χ0) is 38.5. The Bertz CT molecular complexity index is 911. The molecule has 0 saturated heterocycles. The largest absolute Gasteiger partial charge is 0.477 e. The van der Waals surface area contributed by atoms with Crippen molar-refractivity contribution in [1.29, 1.82) is 0 Å². The van der Waals surface area contributed by atoms with Crippen LogP contribution in [0.2, 0.25) is 0 Å². The molecule has 304 valence electrons. The number of carboxylic acid groups (broad SMARTS) is 1. The summed E-state index contributed by atoms with van der Waals surface area (Å²) in [6, 6.07) is -0.614. The van der Waals surface area contributed by atoms with Gasteiger partial charge in [0.1, 0.15) is 6.61 Å². The SMILES string of the molecule is CCCCC/C=C/CCCCCCCC(=O)OCC(COCCC(C(=O)O)[N+](C)(C)C)OC(=O)CCCCCCC/C=C/CCCCCCCCC. The van der Waals surface area contributed by atoms with Gasteiger partial charge in [0.15, 0.2) is 12.1 Å². The first-order valence-corrected chi connectivity index (χ1v) is 21.4. The number of likely N-dealkylation sites (N-methyl/N-ethyl adjacent to an activating group) is 1. The summed E-state index contributed by atoms with van der Waals surface area (Å²) in [5.74, 6) is -1.49. The molecule has 0 aliphatic heterocycles. The molecule has 2 unspecified atom stereocenters. The van der Waals surface area contributed by atoms with Crippen molar-refractivity contribution in [3.63, 3.8) is 0 Å². The Labute approximate surface area is 320 Å². The lowest BCUT2D eigenvalue weighted by Gasteiger charge is -2.31. The molecule has 0 heterocycles. The van der Waals surface area contributed by atoms with Crippen molar-refractivity contribution in [1.82, 2.24) is 0 Å². The quantitative estimate of drug-likeness (QED) is 0.0291. The van der Waals surface area contributed by atoms with E-state index in [-0.39, 0.29) is 36.2 Å². The lowest BCUT2D eigenvalue weighted by molar-refractivity contribution is -0.887. The maximum absolute atomic E-state index is 12.7. The van der Waals surface area contributed by atoms with Gasteiger partial charge in [-0.3, -0.25) is 9.59 Å². The summed E-state index contributed by atoms with van der Waals surface area (Å²) < 4.78 is 17.2. The Morgan fingerprint density at radius 1 is 0.558 bits per heavy atom. The number of nitrogens with zero attached hydrogens (tertiary/aromatic N) is 1. The van der Waals surface area contributed by atoms with Gasteiger partial charge >= 0.3 is 17.9 Å². The first kappa shape index (κ1) is 49.8. The zero-order valence-electron chi connectivity index (χ0n) is 34.5. The van der Waals surface area contributed by atoms with Crippen LogP contribution in [-0.4, -0.2) is 80.6 Å². The highest BCUT2D eigenvalue weighted by Gasteiger charge is 2.31. The van der Waals surface area contributed by atoms with Crippen molar-refractivity contribution in [2.45, 2.75) is 199 Å². The van der Waals surface area contributed by atoms with Gasteiger partial charge in [0.2, 0.25) is 0 Å². The third-order valence-electron chi connectivity index (χ3n) is 9.57. The number of hydrogen-bond donors (Lipinski definition) is 1. The molecule has 0 rings (SSSR count). The van der Waals surface area contributed by atoms with Gasteiger partial charge in [-0.1, -0.05) is 128 Å². The standard InChI is InChI=1S/C44H81NO7/c1-6-8-10-12-14-16-18-20-21-22-23-25-27-29-31-33-35-43(47)52-40(38-50-37-36-41(44(48)49)45(3,4)5)39-51-42(46)34-32-30-28-26-24-19-17-15-13-11-9-7-2/h15,17,21-22,40-41H,6-14,16,18-20,23-39H2,1-5H3/p+1/b17-15+,22-21+. The number of hydrogen-bond acceptors (Lipinski definition) is 6. The number of carbonyl (C=O) groups excluding carboxylic acids is 2. The molecule has 8 heteroatoms. The molecule has 0 saturated carbocycles. The number of esters is 2. The van der Waals surface area contributed by atoms with Crippen molar-refractivity contribution >= 4 is 17.9 Å². The van der Waals surface area contributed by atoms with E-state index >= 15 is 0 Å². The molecular formula is C44H82NO7+. The molecule has 0 aliphatic carbocycles. The van der Waals surface area contributed by atoms with Crippen LogP contribution in [0.15, 0.2) is 24.3 Å². The summed E-state index contributed by atoms with van der Waals surface area (Å²) >= 11 is 0. The summed E-state index contributed by atoms with van der Waals surface area (Å²) in [7, 11) is 5.52. The van der Waals surface area contributed by atoms with Gasteiger partial charge in [0.05, 0.1) is 34.4 Å². The Morgan fingerprint density at radius 3 is 1.42 bits per heavy atom. The molecule has 0 amide bonds. The summed E-state index contributed by atoms with van der Waals surface area (Å²) in [6.45, 7) is 4.69. The van der Waals surface area contributed by atoms with Crippen molar-refractivity contribution in [3.8, 4) is 0 Å². The molecule has 0 aliphatic rings. The Morgan fingerprint density at radius 2 is 0.962 bits per heavy atom. The van der Waals surface area contributed by atoms with Gasteiger partial charge in [0.25, 0.3) is 0 Å². The minimum absolute atomic E-state index is 0.0562. The number of allylic oxidation sites excluding steroid dienone is 4. The molecule has 8 nitrogen and oxygen atoms in total. The average molecular weight is 737 g/mol. The second-order valence-electron chi connectivity index (χ2n) is 15.6. The van der Waals surface area contributed by atoms with E-state index in [1.54, 1.807) is 0 Å². The monoisotopic (exact) mass is 737 g/mol. The third kappa shape index (κ3) is 33.6. The van der Waals surface area contributed by atoms with Crippen LogP contribution in [0.4, 0.5) is 0 Å². The van der Waals surface area contributed by atoms with E-state index in [1.165, 1.54) is 89.9 Å². The van der Waals surface area contributed by atoms with Crippen LogP contribution < -0.4 is 0 Å². The van der Waals surface area contributed by atoms with Gasteiger partial charge in [0, 0.05) is 19.3 Å². The fraction of sp³-hybridized carbons (Fsp3) is 0.841. The van der Waals surface area contributed by atoms with E-state index in [1.807, 2.05) is 21.1 Å². The number of aliphatic carboxylic acids is 1. The van der Waals surface area contributed by atoms with Gasteiger partial charge in [-0.25, -0.2) is 4.79 Å². The van der Waals surface area contributed by atoms with Gasteiger partial charge in [-0.15, -0.1) is 0 Å². The first-order valence-electron chi connectivity index (χ1n) is 21.4. The Hall–Kier alpha value is -2.19. The second kappa shape index (κ2) is 35.8. The maximum Gasteiger partial charge on any atom is 0.362 e. The van der Waals surface area contributed by atoms with Crippen LogP contribution in [0.25, 0.3) is 0 Å². The van der Waals surface area contributed by atoms with E-state index in [0.29, 0.717) is 19.3 Å². The number of rotatable bonds is 38. The lowest BCUT2D eigenvalue weighted by atomic mass is 10.1. The van der Waals surface area contributed by atoms with E-state index in [0.717, 1.165) is 64.2 Å². The van der Waals surface area contributed by atoms with Gasteiger partial charge < -0.3 is 23.8 Å². The smallest absolute Gasteiger partial charge is 0.362 e. The minimum Gasteiger partial charge on any atom is -0.477 e. The molecular weight excluding hydrogens is 654 g/mol. The van der Waals surface area contributed by atoms with Gasteiger partial charge in [-0.2, -0.15) is 0 Å². The molecule has 1 N–H and O–H groups in total. The molecule has 0 aromatic rings. The van der Waals surface area contributed by atoms with Crippen LogP contribution in [0, 0.1) is 0 Å². The van der Waals surface area contributed by atoms with Crippen molar-refractivity contribution in [3.05, 3.63) is 24.3 Å². The number of ether oxygens (including phenoxy) is 3. The van der Waals surface area contributed by atoms with Crippen molar-refractivity contribution < 1.29 is 38.2 Å². The maximum atomic E-state index is 12.7. The molecule has 2 atom stereocenters. The van der Waals surface area contributed by atoms with Crippen LogP contribution in [0.3, 0.4) is 0 Å². The predicted octanol–water partition coefficient (Wildman–Crippen LogP) is 11.3. The molecule has 0 fully saturated rings. The van der Waals surface area contributed by atoms with Crippen LogP contribution >= 0.6 is 0 Å².